The zero-order valence-electron chi connectivity index (χ0n) is 18.9. The van der Waals surface area contributed by atoms with Crippen LogP contribution in [-0.4, -0.2) is 98.6 Å². The van der Waals surface area contributed by atoms with Crippen molar-refractivity contribution in [2.45, 2.75) is 64.7 Å². The number of rotatable bonds is 10. The summed E-state index contributed by atoms with van der Waals surface area (Å²) in [6.45, 7) is 13.8. The first-order valence-electron chi connectivity index (χ1n) is 11.1. The van der Waals surface area contributed by atoms with Gasteiger partial charge in [0.1, 0.15) is 0 Å². The molecule has 2 aliphatic heterocycles. The maximum atomic E-state index is 11.8. The van der Waals surface area contributed by atoms with Crippen LogP contribution in [-0.2, 0) is 28.5 Å². The van der Waals surface area contributed by atoms with E-state index in [2.05, 4.69) is 37.5 Å². The zero-order valence-corrected chi connectivity index (χ0v) is 18.9. The predicted molar refractivity (Wildman–Crippen MR) is 113 cm³/mol. The molecular formula is C22H38N2O6. The number of hydrogen-bond acceptors (Lipinski definition) is 8. The number of nitrogens with zero attached hydrogens (tertiary/aromatic N) is 2. The number of hydrogen-bond donors (Lipinski definition) is 0. The van der Waals surface area contributed by atoms with Crippen molar-refractivity contribution in [2.24, 2.45) is 0 Å². The van der Waals surface area contributed by atoms with E-state index in [-0.39, 0.29) is 0 Å². The molecule has 8 heteroatoms. The first-order valence-corrected chi connectivity index (χ1v) is 11.1. The maximum absolute atomic E-state index is 11.8. The van der Waals surface area contributed by atoms with Crippen molar-refractivity contribution in [3.05, 3.63) is 12.2 Å². The molecule has 2 saturated heterocycles. The molecule has 4 atom stereocenters. The minimum atomic E-state index is -0.522. The van der Waals surface area contributed by atoms with Crippen LogP contribution < -0.4 is 0 Å². The summed E-state index contributed by atoms with van der Waals surface area (Å²) in [7, 11) is 0. The van der Waals surface area contributed by atoms with E-state index in [4.69, 9.17) is 18.9 Å². The van der Waals surface area contributed by atoms with E-state index in [9.17, 15) is 9.59 Å². The molecule has 8 nitrogen and oxygen atoms in total. The zero-order chi connectivity index (χ0) is 21.9. The van der Waals surface area contributed by atoms with E-state index in [1.54, 1.807) is 0 Å². The summed E-state index contributed by atoms with van der Waals surface area (Å²) < 4.78 is 21.4. The lowest BCUT2D eigenvalue weighted by Gasteiger charge is -2.38. The molecule has 0 radical (unpaired) electrons. The van der Waals surface area contributed by atoms with Crippen LogP contribution in [0.1, 0.15) is 40.5 Å². The van der Waals surface area contributed by atoms with Crippen molar-refractivity contribution < 1.29 is 28.5 Å². The molecule has 0 unspecified atom stereocenters. The average Bonchev–Trinajstić information content (AvgIpc) is 2.70. The van der Waals surface area contributed by atoms with E-state index in [1.165, 1.54) is 0 Å². The van der Waals surface area contributed by atoms with E-state index < -0.39 is 11.9 Å². The van der Waals surface area contributed by atoms with Gasteiger partial charge in [-0.2, -0.15) is 0 Å². The Morgan fingerprint density at radius 2 is 1.07 bits per heavy atom. The number of carbonyl (C=O) groups is 2. The first kappa shape index (κ1) is 24.8. The summed E-state index contributed by atoms with van der Waals surface area (Å²) in [5.41, 5.74) is 0. The Morgan fingerprint density at radius 3 is 1.40 bits per heavy atom. The third-order valence-corrected chi connectivity index (χ3v) is 5.67. The molecule has 0 aromatic heterocycles. The molecule has 172 valence electrons. The largest absolute Gasteiger partial charge is 0.462 e. The molecule has 30 heavy (non-hydrogen) atoms. The quantitative estimate of drug-likeness (QED) is 0.296. The predicted octanol–water partition coefficient (Wildman–Crippen LogP) is 1.63. The van der Waals surface area contributed by atoms with Gasteiger partial charge in [0.2, 0.25) is 0 Å². The monoisotopic (exact) mass is 426 g/mol. The smallest absolute Gasteiger partial charge is 0.331 e. The van der Waals surface area contributed by atoms with Crippen molar-refractivity contribution in [1.29, 1.82) is 0 Å². The lowest BCUT2D eigenvalue weighted by atomic mass is 10.1. The van der Waals surface area contributed by atoms with Crippen molar-refractivity contribution in [3.63, 3.8) is 0 Å². The Hall–Kier alpha value is -1.48. The van der Waals surface area contributed by atoms with Crippen LogP contribution in [0.25, 0.3) is 0 Å². The molecule has 0 bridgehead atoms. The van der Waals surface area contributed by atoms with Crippen LogP contribution in [0, 0.1) is 0 Å². The number of carbonyl (C=O) groups excluding carboxylic acids is 2. The Bertz CT molecular complexity index is 502. The van der Waals surface area contributed by atoms with Crippen LogP contribution in [0.4, 0.5) is 0 Å². The van der Waals surface area contributed by atoms with Gasteiger partial charge in [0, 0.05) is 49.4 Å². The van der Waals surface area contributed by atoms with Crippen LogP contribution in [0.15, 0.2) is 12.2 Å². The minimum Gasteiger partial charge on any atom is -0.462 e. The highest BCUT2D eigenvalue weighted by Crippen LogP contribution is 2.14. The fourth-order valence-electron chi connectivity index (χ4n) is 4.02. The van der Waals surface area contributed by atoms with Crippen LogP contribution in [0.3, 0.4) is 0 Å². The molecule has 0 spiro atoms. The number of ether oxygens (including phenoxy) is 4. The first-order chi connectivity index (χ1) is 14.4. The highest BCUT2D eigenvalue weighted by Gasteiger charge is 2.25. The summed E-state index contributed by atoms with van der Waals surface area (Å²) in [6, 6.07) is 1.48. The molecule has 0 aromatic carbocycles. The van der Waals surface area contributed by atoms with Gasteiger partial charge in [-0.15, -0.1) is 0 Å². The van der Waals surface area contributed by atoms with Gasteiger partial charge in [-0.3, -0.25) is 9.80 Å². The van der Waals surface area contributed by atoms with Gasteiger partial charge >= 0.3 is 11.9 Å². The fourth-order valence-corrected chi connectivity index (χ4v) is 4.02. The average molecular weight is 427 g/mol. The van der Waals surface area contributed by atoms with Crippen molar-refractivity contribution in [3.8, 4) is 0 Å². The Labute approximate surface area is 180 Å². The summed E-state index contributed by atoms with van der Waals surface area (Å²) in [6.07, 6.45) is 3.76. The Morgan fingerprint density at radius 1 is 0.733 bits per heavy atom. The minimum absolute atomic E-state index is 0.324. The second kappa shape index (κ2) is 13.0. The third-order valence-electron chi connectivity index (χ3n) is 5.67. The molecule has 2 rings (SSSR count). The van der Waals surface area contributed by atoms with Gasteiger partial charge in [-0.05, 0) is 40.5 Å². The van der Waals surface area contributed by atoms with Crippen molar-refractivity contribution >= 4 is 11.9 Å². The van der Waals surface area contributed by atoms with Crippen LogP contribution in [0.2, 0.25) is 0 Å². The van der Waals surface area contributed by atoms with Crippen molar-refractivity contribution in [2.75, 3.05) is 52.7 Å². The standard InChI is InChI=1S/C22H38N2O6/c1-17-13-27-14-18(2)23(17)9-5-11-29-21(25)7-8-22(26)30-12-6-10-24-19(3)15-28-16-20(24)4/h7-8,17-20H,5-6,9-16H2,1-4H3/b8-7+/t17-,18-,19-,20-/m0/s1. The van der Waals surface area contributed by atoms with Gasteiger partial charge < -0.3 is 18.9 Å². The summed E-state index contributed by atoms with van der Waals surface area (Å²) in [5.74, 6) is -1.04. The van der Waals surface area contributed by atoms with Gasteiger partial charge in [0.05, 0.1) is 39.6 Å². The number of esters is 2. The molecule has 0 aliphatic carbocycles. The van der Waals surface area contributed by atoms with Gasteiger partial charge in [-0.1, -0.05) is 0 Å². The van der Waals surface area contributed by atoms with E-state index in [1.807, 2.05) is 0 Å². The van der Waals surface area contributed by atoms with Gasteiger partial charge in [-0.25, -0.2) is 9.59 Å². The molecule has 2 aliphatic rings. The Balaban J connectivity index is 1.54. The highest BCUT2D eigenvalue weighted by atomic mass is 16.5. The summed E-state index contributed by atoms with van der Waals surface area (Å²) in [5, 5.41) is 0. The molecule has 2 heterocycles. The van der Waals surface area contributed by atoms with Gasteiger partial charge in [0.15, 0.2) is 0 Å². The molecule has 0 N–H and O–H groups in total. The van der Waals surface area contributed by atoms with E-state index in [0.717, 1.165) is 64.5 Å². The third kappa shape index (κ3) is 8.34. The molecule has 2 fully saturated rings. The lowest BCUT2D eigenvalue weighted by molar-refractivity contribution is -0.140. The fraction of sp³-hybridized carbons (Fsp3) is 0.818. The van der Waals surface area contributed by atoms with E-state index in [0.29, 0.717) is 37.4 Å². The molecule has 0 aromatic rings. The SMILES string of the molecule is C[C@H]1COC[C@H](C)N1CCCOC(=O)/C=C/C(=O)OCCCN1[C@@H](C)COC[C@@H]1C. The molecular weight excluding hydrogens is 388 g/mol. The number of morpholine rings is 2. The normalized spacial score (nSPS) is 28.5. The van der Waals surface area contributed by atoms with Crippen LogP contribution >= 0.6 is 0 Å². The van der Waals surface area contributed by atoms with Gasteiger partial charge in [0.25, 0.3) is 0 Å². The Kier molecular flexibility index (Phi) is 10.8. The topological polar surface area (TPSA) is 77.5 Å². The van der Waals surface area contributed by atoms with Crippen LogP contribution in [0.5, 0.6) is 0 Å². The second-order valence-corrected chi connectivity index (χ2v) is 8.32. The summed E-state index contributed by atoms with van der Waals surface area (Å²) in [4.78, 5) is 28.3. The second-order valence-electron chi connectivity index (χ2n) is 8.32. The molecule has 0 saturated carbocycles. The highest BCUT2D eigenvalue weighted by molar-refractivity contribution is 5.91. The maximum Gasteiger partial charge on any atom is 0.331 e. The lowest BCUT2D eigenvalue weighted by Crippen LogP contribution is -2.49. The van der Waals surface area contributed by atoms with E-state index >= 15 is 0 Å². The summed E-state index contributed by atoms with van der Waals surface area (Å²) >= 11 is 0. The molecule has 0 amide bonds. The van der Waals surface area contributed by atoms with Crippen molar-refractivity contribution in [1.82, 2.24) is 9.80 Å².